The van der Waals surface area contributed by atoms with Gasteiger partial charge in [0.05, 0.1) is 12.1 Å². The standard InChI is InChI=1S/C11H15N3O2/c1-14(2)9-5-8(6-10(15)16)12-11(13-9)7-3-4-7/h5,7H,3-4,6H2,1-2H3,(H,15,16). The van der Waals surface area contributed by atoms with Crippen molar-refractivity contribution < 1.29 is 9.90 Å². The highest BCUT2D eigenvalue weighted by Crippen LogP contribution is 2.38. The van der Waals surface area contributed by atoms with E-state index in [1.807, 2.05) is 19.0 Å². The zero-order valence-corrected chi connectivity index (χ0v) is 9.47. The molecule has 1 aliphatic carbocycles. The van der Waals surface area contributed by atoms with E-state index in [2.05, 4.69) is 9.97 Å². The Morgan fingerprint density at radius 3 is 2.69 bits per heavy atom. The molecule has 0 saturated heterocycles. The van der Waals surface area contributed by atoms with Gasteiger partial charge in [0.2, 0.25) is 0 Å². The van der Waals surface area contributed by atoms with Crippen LogP contribution in [0.25, 0.3) is 0 Å². The predicted octanol–water partition coefficient (Wildman–Crippen LogP) is 1.05. The van der Waals surface area contributed by atoms with Crippen LogP contribution < -0.4 is 4.90 Å². The lowest BCUT2D eigenvalue weighted by Crippen LogP contribution is -2.14. The minimum absolute atomic E-state index is 0.0386. The van der Waals surface area contributed by atoms with Crippen molar-refractivity contribution in [3.8, 4) is 0 Å². The summed E-state index contributed by atoms with van der Waals surface area (Å²) in [4.78, 5) is 21.3. The molecule has 1 N–H and O–H groups in total. The fourth-order valence-corrected chi connectivity index (χ4v) is 1.50. The molecule has 1 aliphatic rings. The summed E-state index contributed by atoms with van der Waals surface area (Å²) in [6.07, 6.45) is 2.19. The maximum Gasteiger partial charge on any atom is 0.309 e. The van der Waals surface area contributed by atoms with Gasteiger partial charge in [0.1, 0.15) is 11.6 Å². The van der Waals surface area contributed by atoms with Crippen molar-refractivity contribution in [2.45, 2.75) is 25.2 Å². The Balaban J connectivity index is 2.32. The quantitative estimate of drug-likeness (QED) is 0.823. The van der Waals surface area contributed by atoms with Crippen LogP contribution in [0.2, 0.25) is 0 Å². The van der Waals surface area contributed by atoms with E-state index < -0.39 is 5.97 Å². The van der Waals surface area contributed by atoms with Crippen molar-refractivity contribution in [1.29, 1.82) is 0 Å². The van der Waals surface area contributed by atoms with Gasteiger partial charge in [-0.1, -0.05) is 0 Å². The summed E-state index contributed by atoms with van der Waals surface area (Å²) in [6.45, 7) is 0. The number of nitrogens with zero attached hydrogens (tertiary/aromatic N) is 3. The topological polar surface area (TPSA) is 66.3 Å². The fourth-order valence-electron chi connectivity index (χ4n) is 1.50. The van der Waals surface area contributed by atoms with E-state index >= 15 is 0 Å². The highest BCUT2D eigenvalue weighted by molar-refractivity contribution is 5.69. The van der Waals surface area contributed by atoms with Gasteiger partial charge in [-0.3, -0.25) is 4.79 Å². The number of hydrogen-bond donors (Lipinski definition) is 1. The predicted molar refractivity (Wildman–Crippen MR) is 59.7 cm³/mol. The lowest BCUT2D eigenvalue weighted by molar-refractivity contribution is -0.136. The van der Waals surface area contributed by atoms with Gasteiger partial charge in [-0.2, -0.15) is 0 Å². The van der Waals surface area contributed by atoms with E-state index in [9.17, 15) is 4.79 Å². The molecule has 1 aromatic rings. The van der Waals surface area contributed by atoms with E-state index in [0.717, 1.165) is 24.5 Å². The number of aliphatic carboxylic acids is 1. The Morgan fingerprint density at radius 2 is 2.19 bits per heavy atom. The van der Waals surface area contributed by atoms with Crippen LogP contribution >= 0.6 is 0 Å². The molecule has 1 heterocycles. The number of hydrogen-bond acceptors (Lipinski definition) is 4. The van der Waals surface area contributed by atoms with Gasteiger partial charge >= 0.3 is 5.97 Å². The van der Waals surface area contributed by atoms with E-state index in [1.165, 1.54) is 0 Å². The first-order valence-corrected chi connectivity index (χ1v) is 5.33. The first-order chi connectivity index (χ1) is 7.56. The average Bonchev–Trinajstić information content (AvgIpc) is 2.98. The summed E-state index contributed by atoms with van der Waals surface area (Å²) >= 11 is 0. The summed E-state index contributed by atoms with van der Waals surface area (Å²) in [5.74, 6) is 1.16. The van der Waals surface area contributed by atoms with Crippen molar-refractivity contribution >= 4 is 11.8 Å². The van der Waals surface area contributed by atoms with Crippen LogP contribution in [0.15, 0.2) is 6.07 Å². The first kappa shape index (κ1) is 10.9. The molecule has 0 aliphatic heterocycles. The number of carbonyl (C=O) groups is 1. The molecular weight excluding hydrogens is 206 g/mol. The number of carboxylic acids is 1. The second kappa shape index (κ2) is 4.08. The summed E-state index contributed by atoms with van der Waals surface area (Å²) in [6, 6.07) is 1.74. The Kier molecular flexibility index (Phi) is 2.77. The lowest BCUT2D eigenvalue weighted by Gasteiger charge is -2.13. The summed E-state index contributed by atoms with van der Waals surface area (Å²) in [7, 11) is 3.78. The van der Waals surface area contributed by atoms with Gasteiger partial charge in [0, 0.05) is 26.1 Å². The van der Waals surface area contributed by atoms with Gasteiger partial charge in [0.25, 0.3) is 0 Å². The van der Waals surface area contributed by atoms with Gasteiger partial charge in [-0.05, 0) is 12.8 Å². The molecule has 5 nitrogen and oxygen atoms in total. The molecular formula is C11H15N3O2. The molecule has 16 heavy (non-hydrogen) atoms. The van der Waals surface area contributed by atoms with E-state index in [0.29, 0.717) is 11.6 Å². The zero-order valence-electron chi connectivity index (χ0n) is 9.47. The third-order valence-corrected chi connectivity index (χ3v) is 2.52. The highest BCUT2D eigenvalue weighted by Gasteiger charge is 2.27. The van der Waals surface area contributed by atoms with Gasteiger partial charge in [-0.15, -0.1) is 0 Å². The molecule has 0 spiro atoms. The monoisotopic (exact) mass is 221 g/mol. The van der Waals surface area contributed by atoms with Crippen LogP contribution in [0.5, 0.6) is 0 Å². The van der Waals surface area contributed by atoms with E-state index in [-0.39, 0.29) is 6.42 Å². The normalized spacial score (nSPS) is 14.9. The summed E-state index contributed by atoms with van der Waals surface area (Å²) in [5.41, 5.74) is 0.591. The third kappa shape index (κ3) is 2.48. The molecule has 0 aromatic carbocycles. The Labute approximate surface area is 94.1 Å². The van der Waals surface area contributed by atoms with Crippen molar-refractivity contribution in [2.24, 2.45) is 0 Å². The molecule has 0 amide bonds. The number of rotatable bonds is 4. The van der Waals surface area contributed by atoms with Crippen molar-refractivity contribution in [2.75, 3.05) is 19.0 Å². The molecule has 1 fully saturated rings. The molecule has 5 heteroatoms. The fraction of sp³-hybridized carbons (Fsp3) is 0.545. The van der Waals surface area contributed by atoms with Crippen LogP contribution in [0.4, 0.5) is 5.82 Å². The number of anilines is 1. The number of carboxylic acid groups (broad SMARTS) is 1. The maximum absolute atomic E-state index is 10.7. The van der Waals surface area contributed by atoms with Crippen molar-refractivity contribution in [3.63, 3.8) is 0 Å². The first-order valence-electron chi connectivity index (χ1n) is 5.33. The Morgan fingerprint density at radius 1 is 1.50 bits per heavy atom. The van der Waals surface area contributed by atoms with Crippen molar-refractivity contribution in [3.05, 3.63) is 17.6 Å². The van der Waals surface area contributed by atoms with Crippen LogP contribution in [-0.4, -0.2) is 35.1 Å². The van der Waals surface area contributed by atoms with Crippen LogP contribution in [0.1, 0.15) is 30.3 Å². The molecule has 0 unspecified atom stereocenters. The summed E-state index contributed by atoms with van der Waals surface area (Å²) < 4.78 is 0. The number of aromatic nitrogens is 2. The largest absolute Gasteiger partial charge is 0.481 e. The molecule has 0 bridgehead atoms. The van der Waals surface area contributed by atoms with Gasteiger partial charge in [-0.25, -0.2) is 9.97 Å². The summed E-state index contributed by atoms with van der Waals surface area (Å²) in [5, 5.41) is 8.77. The second-order valence-electron chi connectivity index (χ2n) is 4.31. The SMILES string of the molecule is CN(C)c1cc(CC(=O)O)nc(C2CC2)n1. The van der Waals surface area contributed by atoms with Gasteiger partial charge in [0.15, 0.2) is 0 Å². The second-order valence-corrected chi connectivity index (χ2v) is 4.31. The van der Waals surface area contributed by atoms with E-state index in [1.54, 1.807) is 6.07 Å². The highest BCUT2D eigenvalue weighted by atomic mass is 16.4. The Bertz CT molecular complexity index is 393. The molecule has 1 saturated carbocycles. The van der Waals surface area contributed by atoms with Crippen LogP contribution in [0.3, 0.4) is 0 Å². The molecule has 1 aromatic heterocycles. The molecule has 0 radical (unpaired) electrons. The van der Waals surface area contributed by atoms with Crippen molar-refractivity contribution in [1.82, 2.24) is 9.97 Å². The minimum Gasteiger partial charge on any atom is -0.481 e. The van der Waals surface area contributed by atoms with Crippen LogP contribution in [0, 0.1) is 0 Å². The van der Waals surface area contributed by atoms with Crippen LogP contribution in [-0.2, 0) is 11.2 Å². The third-order valence-electron chi connectivity index (χ3n) is 2.52. The average molecular weight is 221 g/mol. The molecule has 2 rings (SSSR count). The molecule has 0 atom stereocenters. The van der Waals surface area contributed by atoms with Gasteiger partial charge < -0.3 is 10.0 Å². The zero-order chi connectivity index (χ0) is 11.7. The lowest BCUT2D eigenvalue weighted by atomic mass is 10.2. The Hall–Kier alpha value is -1.65. The van der Waals surface area contributed by atoms with E-state index in [4.69, 9.17) is 5.11 Å². The smallest absolute Gasteiger partial charge is 0.309 e. The maximum atomic E-state index is 10.7. The molecule has 86 valence electrons. The minimum atomic E-state index is -0.856.